The van der Waals surface area contributed by atoms with Crippen LogP contribution in [0.4, 0.5) is 0 Å². The van der Waals surface area contributed by atoms with Crippen molar-refractivity contribution in [2.24, 2.45) is 0 Å². The third-order valence-corrected chi connectivity index (χ3v) is 9.10. The zero-order valence-corrected chi connectivity index (χ0v) is 20.3. The number of nitrogens with zero attached hydrogens (tertiary/aromatic N) is 1. The van der Waals surface area contributed by atoms with Crippen molar-refractivity contribution >= 4 is 40.8 Å². The van der Waals surface area contributed by atoms with Gasteiger partial charge in [0.05, 0.1) is 18.7 Å². The number of benzene rings is 1. The molecule has 2 aliphatic rings. The van der Waals surface area contributed by atoms with Gasteiger partial charge in [-0.05, 0) is 80.2 Å². The summed E-state index contributed by atoms with van der Waals surface area (Å²) >= 11 is 0.763. The van der Waals surface area contributed by atoms with Gasteiger partial charge in [0, 0.05) is 0 Å². The van der Waals surface area contributed by atoms with Gasteiger partial charge in [0.2, 0.25) is 5.91 Å². The molecule has 0 spiro atoms. The summed E-state index contributed by atoms with van der Waals surface area (Å²) in [6, 6.07) is 2.27. The van der Waals surface area contributed by atoms with Crippen molar-refractivity contribution < 1.29 is 23.4 Å². The van der Waals surface area contributed by atoms with Gasteiger partial charge in [-0.15, -0.1) is 11.3 Å². The fourth-order valence-electron chi connectivity index (χ4n) is 4.45. The minimum absolute atomic E-state index is 0. The van der Waals surface area contributed by atoms with Crippen LogP contribution in [0.3, 0.4) is 0 Å². The van der Waals surface area contributed by atoms with Crippen LogP contribution in [0.25, 0.3) is 0 Å². The lowest BCUT2D eigenvalue weighted by Crippen LogP contribution is -2.32. The van der Waals surface area contributed by atoms with Crippen molar-refractivity contribution in [2.45, 2.75) is 75.2 Å². The summed E-state index contributed by atoms with van der Waals surface area (Å²) in [4.78, 5) is 16.8. The number of carbonyl (C=O) groups excluding carboxylic acids is 1. The first-order chi connectivity index (χ1) is 14.1. The number of rotatable bonds is 6. The van der Waals surface area contributed by atoms with Gasteiger partial charge in [0.25, 0.3) is 10.0 Å². The Morgan fingerprint density at radius 2 is 1.74 bits per heavy atom. The van der Waals surface area contributed by atoms with E-state index < -0.39 is 28.1 Å². The van der Waals surface area contributed by atoms with Gasteiger partial charge in [0.1, 0.15) is 10.6 Å². The summed E-state index contributed by atoms with van der Waals surface area (Å²) < 4.78 is 27.6. The molecular formula is C21H28N2O5S3. The number of aliphatic hydroxyl groups is 2. The van der Waals surface area contributed by atoms with Gasteiger partial charge in [-0.2, -0.15) is 13.5 Å². The number of carbonyl (C=O) groups is 1. The third kappa shape index (κ3) is 4.68. The van der Waals surface area contributed by atoms with Crippen LogP contribution in [0.2, 0.25) is 0 Å². The summed E-state index contributed by atoms with van der Waals surface area (Å²) in [5, 5.41) is 19.8. The second-order valence-corrected chi connectivity index (χ2v) is 11.4. The number of thiazole rings is 1. The van der Waals surface area contributed by atoms with Crippen molar-refractivity contribution in [1.29, 1.82) is 0 Å². The number of sulfonamides is 1. The Kier molecular flexibility index (Phi) is 6.88. The monoisotopic (exact) mass is 484 g/mol. The minimum Gasteiger partial charge on any atom is -0.390 e. The molecule has 0 saturated carbocycles. The molecule has 0 saturated heterocycles. The van der Waals surface area contributed by atoms with Crippen molar-refractivity contribution in [1.82, 2.24) is 9.71 Å². The van der Waals surface area contributed by atoms with E-state index in [1.807, 2.05) is 0 Å². The first-order valence-corrected chi connectivity index (χ1v) is 12.4. The summed E-state index contributed by atoms with van der Waals surface area (Å²) in [6.07, 6.45) is 6.02. The highest BCUT2D eigenvalue weighted by Gasteiger charge is 2.31. The van der Waals surface area contributed by atoms with E-state index in [-0.39, 0.29) is 34.8 Å². The Labute approximate surface area is 193 Å². The molecule has 1 heterocycles. The van der Waals surface area contributed by atoms with Gasteiger partial charge < -0.3 is 10.2 Å². The number of hydrogen-bond acceptors (Lipinski definition) is 7. The van der Waals surface area contributed by atoms with Crippen LogP contribution >= 0.6 is 24.8 Å². The number of aliphatic hydroxyl groups excluding tert-OH is 1. The highest BCUT2D eigenvalue weighted by molar-refractivity contribution is 7.92. The summed E-state index contributed by atoms with van der Waals surface area (Å²) in [5.74, 6) is -0.591. The van der Waals surface area contributed by atoms with Gasteiger partial charge in [0.15, 0.2) is 4.21 Å². The maximum absolute atomic E-state index is 12.9. The number of fused-ring (bicyclic) bond motifs is 2. The highest BCUT2D eigenvalue weighted by Crippen LogP contribution is 2.36. The van der Waals surface area contributed by atoms with Gasteiger partial charge in [-0.1, -0.05) is 6.07 Å². The van der Waals surface area contributed by atoms with Crippen LogP contribution in [-0.2, 0) is 59.1 Å². The maximum atomic E-state index is 12.9. The Morgan fingerprint density at radius 1 is 1.16 bits per heavy atom. The zero-order chi connectivity index (χ0) is 21.7. The van der Waals surface area contributed by atoms with E-state index in [2.05, 4.69) is 15.8 Å². The lowest BCUT2D eigenvalue weighted by molar-refractivity contribution is -0.118. The second kappa shape index (κ2) is 8.82. The minimum atomic E-state index is -4.20. The van der Waals surface area contributed by atoms with Crippen molar-refractivity contribution in [3.8, 4) is 0 Å². The average molecular weight is 485 g/mol. The van der Waals surface area contributed by atoms with Crippen LogP contribution in [0.1, 0.15) is 65.2 Å². The van der Waals surface area contributed by atoms with Gasteiger partial charge in [-0.3, -0.25) is 4.79 Å². The molecule has 170 valence electrons. The highest BCUT2D eigenvalue weighted by atomic mass is 32.2. The number of amides is 1. The van der Waals surface area contributed by atoms with E-state index in [4.69, 9.17) is 0 Å². The van der Waals surface area contributed by atoms with Crippen LogP contribution < -0.4 is 4.72 Å². The molecule has 1 aromatic carbocycles. The van der Waals surface area contributed by atoms with Crippen LogP contribution in [0.15, 0.2) is 10.3 Å². The molecule has 10 heteroatoms. The number of aromatic nitrogens is 1. The lowest BCUT2D eigenvalue weighted by Gasteiger charge is -2.15. The number of aryl methyl sites for hydroxylation is 2. The Bertz CT molecular complexity index is 1080. The molecule has 31 heavy (non-hydrogen) atoms. The molecule has 2 aromatic rings. The molecule has 3 N–H and O–H groups in total. The average Bonchev–Trinajstić information content (AvgIpc) is 3.38. The maximum Gasteiger partial charge on any atom is 0.275 e. The molecule has 0 unspecified atom stereocenters. The van der Waals surface area contributed by atoms with E-state index in [1.54, 1.807) is 0 Å². The van der Waals surface area contributed by atoms with Crippen molar-refractivity contribution in [3.63, 3.8) is 0 Å². The smallest absolute Gasteiger partial charge is 0.275 e. The molecular weight excluding hydrogens is 456 g/mol. The van der Waals surface area contributed by atoms with E-state index in [0.717, 1.165) is 55.4 Å². The Balaban J connectivity index is 0.00000272. The molecule has 7 nitrogen and oxygen atoms in total. The molecule has 0 atom stereocenters. The second-order valence-electron chi connectivity index (χ2n) is 8.51. The quantitative estimate of drug-likeness (QED) is 0.577. The van der Waals surface area contributed by atoms with Crippen LogP contribution in [0, 0.1) is 0 Å². The predicted molar refractivity (Wildman–Crippen MR) is 123 cm³/mol. The Hall–Kier alpha value is -1.46. The molecule has 2 aliphatic carbocycles. The first-order valence-electron chi connectivity index (χ1n) is 10.1. The van der Waals surface area contributed by atoms with Crippen molar-refractivity contribution in [2.75, 3.05) is 0 Å². The normalized spacial score (nSPS) is 15.4. The fraction of sp³-hybridized carbons (Fsp3) is 0.524. The van der Waals surface area contributed by atoms with Crippen LogP contribution in [-0.4, -0.2) is 29.5 Å². The third-order valence-electron chi connectivity index (χ3n) is 5.76. The van der Waals surface area contributed by atoms with Gasteiger partial charge >= 0.3 is 0 Å². The summed E-state index contributed by atoms with van der Waals surface area (Å²) in [7, 11) is -4.20. The van der Waals surface area contributed by atoms with Gasteiger partial charge in [-0.25, -0.2) is 18.1 Å². The first kappa shape index (κ1) is 24.2. The van der Waals surface area contributed by atoms with Crippen molar-refractivity contribution in [3.05, 3.63) is 44.6 Å². The molecule has 0 aliphatic heterocycles. The van der Waals surface area contributed by atoms with E-state index in [9.17, 15) is 23.4 Å². The van der Waals surface area contributed by atoms with Crippen LogP contribution in [0.5, 0.6) is 0 Å². The largest absolute Gasteiger partial charge is 0.390 e. The number of nitrogens with one attached hydrogen (secondary N) is 1. The van der Waals surface area contributed by atoms with E-state index in [1.165, 1.54) is 36.1 Å². The Morgan fingerprint density at radius 3 is 2.26 bits per heavy atom. The molecule has 0 bridgehead atoms. The lowest BCUT2D eigenvalue weighted by atomic mass is 9.92. The molecule has 4 rings (SSSR count). The molecule has 0 radical (unpaired) electrons. The molecule has 1 aromatic heterocycles. The molecule has 1 amide bonds. The number of hydrogen-bond donors (Lipinski definition) is 3. The summed E-state index contributed by atoms with van der Waals surface area (Å²) in [5.41, 5.74) is 4.58. The summed E-state index contributed by atoms with van der Waals surface area (Å²) in [6.45, 7) is 2.37. The van der Waals surface area contributed by atoms with E-state index in [0.29, 0.717) is 0 Å². The molecule has 0 fully saturated rings. The fourth-order valence-corrected chi connectivity index (χ4v) is 6.94. The topological polar surface area (TPSA) is 117 Å². The standard InChI is InChI=1S/C21H26N2O5S2.H2S/c1-21(2,26)20-22-17(11-24)19(29-20)30(27,28)23-18(25)10-16-14-7-3-5-12(14)9-13-6-4-8-15(13)16;/h9,24,26H,3-8,10-11H2,1-2H3,(H,23,25);1H2. The SMILES string of the molecule is CC(C)(O)c1nc(CO)c(S(=O)(=O)NC(=O)Cc2c3c(cc4c2CCC4)CCC3)s1.S. The van der Waals surface area contributed by atoms with E-state index >= 15 is 0 Å². The predicted octanol–water partition coefficient (Wildman–Crippen LogP) is 2.00. The zero-order valence-electron chi connectivity index (χ0n) is 17.6.